The lowest BCUT2D eigenvalue weighted by atomic mass is 9.96. The summed E-state index contributed by atoms with van der Waals surface area (Å²) in [4.78, 5) is 27.0. The topological polar surface area (TPSA) is 76.1 Å². The molecule has 3 aromatic rings. The van der Waals surface area contributed by atoms with Crippen molar-refractivity contribution in [1.29, 1.82) is 0 Å². The summed E-state index contributed by atoms with van der Waals surface area (Å²) in [6, 6.07) is 22.2. The number of aryl methyl sites for hydroxylation is 1. The number of hydrogen-bond donors (Lipinski definition) is 1. The average molecular weight is 446 g/mol. The number of methoxy groups -OCH3 is 1. The second-order valence-corrected chi connectivity index (χ2v) is 8.03. The van der Waals surface area contributed by atoms with E-state index in [0.29, 0.717) is 37.3 Å². The predicted octanol–water partition coefficient (Wildman–Crippen LogP) is 4.88. The maximum Gasteiger partial charge on any atom is 0.335 e. The molecule has 6 nitrogen and oxygen atoms in total. The Morgan fingerprint density at radius 1 is 1.06 bits per heavy atom. The molecule has 4 rings (SSSR count). The van der Waals surface area contributed by atoms with Crippen LogP contribution in [0.2, 0.25) is 0 Å². The van der Waals surface area contributed by atoms with E-state index in [4.69, 9.17) is 9.47 Å². The predicted molar refractivity (Wildman–Crippen MR) is 125 cm³/mol. The molecule has 0 aliphatic carbocycles. The molecule has 170 valence electrons. The molecular formula is C27H27NO5. The minimum absolute atomic E-state index is 0.0280. The molecule has 33 heavy (non-hydrogen) atoms. The minimum atomic E-state index is -0.982. The van der Waals surface area contributed by atoms with Crippen LogP contribution in [-0.2, 0) is 17.8 Å². The third kappa shape index (κ3) is 5.17. The van der Waals surface area contributed by atoms with Gasteiger partial charge in [-0.05, 0) is 41.8 Å². The van der Waals surface area contributed by atoms with E-state index in [9.17, 15) is 14.7 Å². The summed E-state index contributed by atoms with van der Waals surface area (Å²) in [7, 11) is 1.62. The van der Waals surface area contributed by atoms with Gasteiger partial charge in [-0.15, -0.1) is 0 Å². The maximum atomic E-state index is 13.6. The summed E-state index contributed by atoms with van der Waals surface area (Å²) in [5, 5.41) is 9.48. The van der Waals surface area contributed by atoms with Gasteiger partial charge in [0.15, 0.2) is 0 Å². The fourth-order valence-corrected chi connectivity index (χ4v) is 4.29. The number of ether oxygens (including phenoxy) is 2. The molecule has 1 unspecified atom stereocenters. The number of carboxylic acids is 1. The van der Waals surface area contributed by atoms with E-state index in [1.165, 1.54) is 0 Å². The van der Waals surface area contributed by atoms with Crippen molar-refractivity contribution in [3.63, 3.8) is 0 Å². The van der Waals surface area contributed by atoms with Crippen LogP contribution in [0.15, 0.2) is 72.8 Å². The number of nitrogens with zero attached hydrogens (tertiary/aromatic N) is 1. The third-order valence-corrected chi connectivity index (χ3v) is 5.97. The van der Waals surface area contributed by atoms with Gasteiger partial charge in [0.2, 0.25) is 5.91 Å². The van der Waals surface area contributed by atoms with Crippen molar-refractivity contribution in [3.05, 3.63) is 95.1 Å². The van der Waals surface area contributed by atoms with E-state index in [2.05, 4.69) is 0 Å². The fourth-order valence-electron chi connectivity index (χ4n) is 4.29. The number of aromatic carboxylic acids is 1. The number of rotatable bonds is 8. The number of benzene rings is 3. The van der Waals surface area contributed by atoms with Crippen LogP contribution in [0.4, 0.5) is 0 Å². The standard InChI is InChI=1S/C27H27NO5/c1-32-21-12-13-25-23(17-21)24(15-16-33-25)28(18-19-7-3-2-4-8-19)26(29)14-11-20-9-5-6-10-22(20)27(30)31/h2-10,12-13,17,24H,11,14-16,18H2,1H3,(H,30,31). The summed E-state index contributed by atoms with van der Waals surface area (Å²) in [5.41, 5.74) is 2.86. The molecule has 1 aliphatic rings. The van der Waals surface area contributed by atoms with Crippen molar-refractivity contribution in [3.8, 4) is 11.5 Å². The first-order valence-electron chi connectivity index (χ1n) is 11.0. The third-order valence-electron chi connectivity index (χ3n) is 5.97. The largest absolute Gasteiger partial charge is 0.497 e. The molecule has 1 heterocycles. The number of carbonyl (C=O) groups is 2. The molecule has 0 aromatic heterocycles. The van der Waals surface area contributed by atoms with Crippen LogP contribution in [0.1, 0.15) is 45.9 Å². The van der Waals surface area contributed by atoms with Crippen LogP contribution >= 0.6 is 0 Å². The number of carboxylic acid groups (broad SMARTS) is 1. The van der Waals surface area contributed by atoms with Gasteiger partial charge in [-0.1, -0.05) is 48.5 Å². The monoisotopic (exact) mass is 445 g/mol. The van der Waals surface area contributed by atoms with Gasteiger partial charge in [0.05, 0.1) is 25.3 Å². The summed E-state index contributed by atoms with van der Waals surface area (Å²) in [5.74, 6) is 0.463. The van der Waals surface area contributed by atoms with Gasteiger partial charge >= 0.3 is 5.97 Å². The van der Waals surface area contributed by atoms with E-state index in [1.807, 2.05) is 53.4 Å². The summed E-state index contributed by atoms with van der Waals surface area (Å²) >= 11 is 0. The van der Waals surface area contributed by atoms with E-state index >= 15 is 0 Å². The highest BCUT2D eigenvalue weighted by molar-refractivity contribution is 5.89. The summed E-state index contributed by atoms with van der Waals surface area (Å²) in [6.45, 7) is 0.978. The zero-order valence-corrected chi connectivity index (χ0v) is 18.6. The number of carbonyl (C=O) groups excluding carboxylic acids is 1. The van der Waals surface area contributed by atoms with Crippen LogP contribution < -0.4 is 9.47 Å². The lowest BCUT2D eigenvalue weighted by Gasteiger charge is -2.36. The van der Waals surface area contributed by atoms with Crippen molar-refractivity contribution < 1.29 is 24.2 Å². The van der Waals surface area contributed by atoms with Crippen molar-refractivity contribution in [2.45, 2.75) is 31.8 Å². The van der Waals surface area contributed by atoms with E-state index in [1.54, 1.807) is 31.4 Å². The van der Waals surface area contributed by atoms with E-state index < -0.39 is 5.97 Å². The second kappa shape index (κ2) is 10.2. The molecule has 6 heteroatoms. The Bertz CT molecular complexity index is 1130. The first-order chi connectivity index (χ1) is 16.1. The first kappa shape index (κ1) is 22.4. The van der Waals surface area contributed by atoms with Crippen LogP contribution in [-0.4, -0.2) is 35.6 Å². The highest BCUT2D eigenvalue weighted by Crippen LogP contribution is 2.39. The highest BCUT2D eigenvalue weighted by Gasteiger charge is 2.31. The Hall–Kier alpha value is -3.80. The lowest BCUT2D eigenvalue weighted by molar-refractivity contribution is -0.135. The fraction of sp³-hybridized carbons (Fsp3) is 0.259. The van der Waals surface area contributed by atoms with Crippen LogP contribution in [0.3, 0.4) is 0 Å². The number of fused-ring (bicyclic) bond motifs is 1. The smallest absolute Gasteiger partial charge is 0.335 e. The average Bonchev–Trinajstić information content (AvgIpc) is 2.86. The number of hydrogen-bond acceptors (Lipinski definition) is 4. The first-order valence-corrected chi connectivity index (χ1v) is 11.0. The van der Waals surface area contributed by atoms with Crippen molar-refractivity contribution in [1.82, 2.24) is 4.90 Å². The quantitative estimate of drug-likeness (QED) is 0.535. The van der Waals surface area contributed by atoms with Gasteiger partial charge in [0, 0.05) is 24.9 Å². The van der Waals surface area contributed by atoms with Crippen LogP contribution in [0.5, 0.6) is 11.5 Å². The Labute approximate surface area is 193 Å². The van der Waals surface area contributed by atoms with Gasteiger partial charge in [0.25, 0.3) is 0 Å². The van der Waals surface area contributed by atoms with Crippen molar-refractivity contribution in [2.75, 3.05) is 13.7 Å². The molecule has 0 saturated carbocycles. The maximum absolute atomic E-state index is 13.6. The SMILES string of the molecule is COc1ccc2c(c1)C(N(Cc1ccccc1)C(=O)CCc1ccccc1C(=O)O)CCO2. The molecule has 1 amide bonds. The normalized spacial score (nSPS) is 14.6. The Morgan fingerprint density at radius 2 is 1.82 bits per heavy atom. The highest BCUT2D eigenvalue weighted by atomic mass is 16.5. The van der Waals surface area contributed by atoms with E-state index in [0.717, 1.165) is 16.9 Å². The Balaban J connectivity index is 1.62. The van der Waals surface area contributed by atoms with Crippen molar-refractivity contribution in [2.24, 2.45) is 0 Å². The zero-order chi connectivity index (χ0) is 23.2. The molecule has 1 N–H and O–H groups in total. The Morgan fingerprint density at radius 3 is 2.58 bits per heavy atom. The summed E-state index contributed by atoms with van der Waals surface area (Å²) in [6.07, 6.45) is 1.25. The van der Waals surface area contributed by atoms with Gasteiger partial charge < -0.3 is 19.5 Å². The van der Waals surface area contributed by atoms with Gasteiger partial charge in [-0.25, -0.2) is 4.79 Å². The van der Waals surface area contributed by atoms with Gasteiger partial charge in [-0.2, -0.15) is 0 Å². The summed E-state index contributed by atoms with van der Waals surface area (Å²) < 4.78 is 11.3. The van der Waals surface area contributed by atoms with Crippen molar-refractivity contribution >= 4 is 11.9 Å². The molecule has 3 aromatic carbocycles. The Kier molecular flexibility index (Phi) is 6.93. The van der Waals surface area contributed by atoms with Gasteiger partial charge in [0.1, 0.15) is 11.5 Å². The molecule has 1 aliphatic heterocycles. The van der Waals surface area contributed by atoms with Crippen LogP contribution in [0, 0.1) is 0 Å². The molecule has 1 atom stereocenters. The molecular weight excluding hydrogens is 418 g/mol. The lowest BCUT2D eigenvalue weighted by Crippen LogP contribution is -2.37. The molecule has 0 spiro atoms. The molecule has 0 saturated heterocycles. The molecule has 0 fully saturated rings. The zero-order valence-electron chi connectivity index (χ0n) is 18.6. The second-order valence-electron chi connectivity index (χ2n) is 8.03. The number of amides is 1. The van der Waals surface area contributed by atoms with Gasteiger partial charge in [-0.3, -0.25) is 4.79 Å². The minimum Gasteiger partial charge on any atom is -0.497 e. The van der Waals surface area contributed by atoms with E-state index in [-0.39, 0.29) is 23.9 Å². The molecule has 0 radical (unpaired) electrons. The van der Waals surface area contributed by atoms with Crippen LogP contribution in [0.25, 0.3) is 0 Å². The molecule has 0 bridgehead atoms.